The Bertz CT molecular complexity index is 577. The second-order valence-electron chi connectivity index (χ2n) is 6.82. The number of carboxylic acid groups (broad SMARTS) is 1. The van der Waals surface area contributed by atoms with Crippen LogP contribution in [0.25, 0.3) is 0 Å². The van der Waals surface area contributed by atoms with Crippen LogP contribution in [0, 0.1) is 0 Å². The average Bonchev–Trinajstić information content (AvgIpc) is 2.45. The zero-order valence-electron chi connectivity index (χ0n) is 14.1. The predicted octanol–water partition coefficient (Wildman–Crippen LogP) is 2.83. The molecule has 0 aromatic heterocycles. The van der Waals surface area contributed by atoms with Crippen LogP contribution < -0.4 is 4.90 Å². The van der Waals surface area contributed by atoms with Crippen molar-refractivity contribution in [3.63, 3.8) is 0 Å². The normalized spacial score (nSPS) is 18.7. The number of benzene rings is 1. The molecule has 1 N–H and O–H groups in total. The van der Waals surface area contributed by atoms with Crippen molar-refractivity contribution in [2.24, 2.45) is 0 Å². The Kier molecular flexibility index (Phi) is 4.82. The van der Waals surface area contributed by atoms with Gasteiger partial charge in [-0.1, -0.05) is 0 Å². The quantitative estimate of drug-likeness (QED) is 0.907. The van der Waals surface area contributed by atoms with Crippen LogP contribution in [0.15, 0.2) is 24.3 Å². The van der Waals surface area contributed by atoms with E-state index in [0.29, 0.717) is 19.6 Å². The molecule has 23 heavy (non-hydrogen) atoms. The monoisotopic (exact) mass is 320 g/mol. The first-order valence-corrected chi connectivity index (χ1v) is 7.75. The van der Waals surface area contributed by atoms with Crippen LogP contribution in [0.4, 0.5) is 10.5 Å². The molecule has 0 bridgehead atoms. The third-order valence-electron chi connectivity index (χ3n) is 3.73. The molecule has 0 unspecified atom stereocenters. The molecule has 0 radical (unpaired) electrons. The summed E-state index contributed by atoms with van der Waals surface area (Å²) in [5.74, 6) is -0.931. The van der Waals surface area contributed by atoms with Gasteiger partial charge in [-0.2, -0.15) is 0 Å². The lowest BCUT2D eigenvalue weighted by molar-refractivity contribution is 0.0159. The van der Waals surface area contributed by atoms with E-state index in [4.69, 9.17) is 9.84 Å². The number of carboxylic acids is 1. The molecule has 0 saturated carbocycles. The van der Waals surface area contributed by atoms with Crippen molar-refractivity contribution in [1.82, 2.24) is 4.90 Å². The van der Waals surface area contributed by atoms with E-state index in [9.17, 15) is 9.59 Å². The van der Waals surface area contributed by atoms with Gasteiger partial charge in [0, 0.05) is 31.4 Å². The minimum Gasteiger partial charge on any atom is -0.478 e. The topological polar surface area (TPSA) is 70.1 Å². The molecule has 126 valence electrons. The number of ether oxygens (including phenoxy) is 1. The number of rotatable bonds is 2. The van der Waals surface area contributed by atoms with Gasteiger partial charge in [0.1, 0.15) is 5.60 Å². The highest BCUT2D eigenvalue weighted by atomic mass is 16.6. The van der Waals surface area contributed by atoms with Crippen LogP contribution in [0.2, 0.25) is 0 Å². The van der Waals surface area contributed by atoms with Crippen LogP contribution in [-0.4, -0.2) is 53.3 Å². The summed E-state index contributed by atoms with van der Waals surface area (Å²) in [7, 11) is 0. The Balaban J connectivity index is 2.00. The minimum absolute atomic E-state index is 0.0257. The summed E-state index contributed by atoms with van der Waals surface area (Å²) in [6.07, 6.45) is -0.286. The first kappa shape index (κ1) is 17.1. The smallest absolute Gasteiger partial charge is 0.410 e. The summed E-state index contributed by atoms with van der Waals surface area (Å²) in [6.45, 7) is 9.52. The largest absolute Gasteiger partial charge is 0.478 e. The Morgan fingerprint density at radius 1 is 1.17 bits per heavy atom. The third kappa shape index (κ3) is 4.37. The molecule has 1 amide bonds. The van der Waals surface area contributed by atoms with E-state index < -0.39 is 11.6 Å². The van der Waals surface area contributed by atoms with Gasteiger partial charge in [-0.15, -0.1) is 0 Å². The highest BCUT2D eigenvalue weighted by Crippen LogP contribution is 2.21. The lowest BCUT2D eigenvalue weighted by atomic mass is 10.1. The summed E-state index contributed by atoms with van der Waals surface area (Å²) in [5.41, 5.74) is 0.737. The van der Waals surface area contributed by atoms with Gasteiger partial charge in [-0.3, -0.25) is 0 Å². The number of nitrogens with zero attached hydrogens (tertiary/aromatic N) is 2. The molecule has 0 spiro atoms. The molecule has 6 heteroatoms. The van der Waals surface area contributed by atoms with Crippen LogP contribution in [0.1, 0.15) is 38.1 Å². The molecule has 1 fully saturated rings. The second-order valence-corrected chi connectivity index (χ2v) is 6.82. The number of hydrogen-bond acceptors (Lipinski definition) is 4. The summed E-state index contributed by atoms with van der Waals surface area (Å²) >= 11 is 0. The first-order valence-electron chi connectivity index (χ1n) is 7.75. The zero-order valence-corrected chi connectivity index (χ0v) is 14.1. The molecule has 1 atom stereocenters. The molecule has 1 aliphatic rings. The van der Waals surface area contributed by atoms with Crippen molar-refractivity contribution in [3.05, 3.63) is 29.8 Å². The van der Waals surface area contributed by atoms with E-state index in [1.54, 1.807) is 29.2 Å². The van der Waals surface area contributed by atoms with Gasteiger partial charge in [0.15, 0.2) is 0 Å². The van der Waals surface area contributed by atoms with Crippen LogP contribution in [-0.2, 0) is 4.74 Å². The second kappa shape index (κ2) is 6.48. The first-order chi connectivity index (χ1) is 10.7. The number of aromatic carboxylic acids is 1. The van der Waals surface area contributed by atoms with Gasteiger partial charge >= 0.3 is 12.1 Å². The number of hydrogen-bond donors (Lipinski definition) is 1. The SMILES string of the molecule is C[C@@H]1CN(c2ccc(C(=O)O)cc2)CCN1C(=O)OC(C)(C)C. The third-order valence-corrected chi connectivity index (χ3v) is 3.73. The van der Waals surface area contributed by atoms with E-state index in [1.165, 1.54) is 0 Å². The van der Waals surface area contributed by atoms with Gasteiger partial charge in [-0.05, 0) is 52.0 Å². The molecule has 1 aromatic rings. The van der Waals surface area contributed by atoms with Crippen molar-refractivity contribution >= 4 is 17.7 Å². The number of piperazine rings is 1. The summed E-state index contributed by atoms with van der Waals surface area (Å²) in [5, 5.41) is 8.95. The van der Waals surface area contributed by atoms with Crippen molar-refractivity contribution in [2.45, 2.75) is 39.3 Å². The molecule has 0 aliphatic carbocycles. The van der Waals surface area contributed by atoms with Crippen molar-refractivity contribution in [1.29, 1.82) is 0 Å². The lowest BCUT2D eigenvalue weighted by Gasteiger charge is -2.41. The van der Waals surface area contributed by atoms with Gasteiger partial charge in [0.05, 0.1) is 5.56 Å². The number of anilines is 1. The number of carbonyl (C=O) groups is 2. The molecule has 2 rings (SSSR count). The standard InChI is InChI=1S/C17H24N2O4/c1-12-11-18(14-7-5-13(6-8-14)15(20)21)9-10-19(12)16(22)23-17(2,3)4/h5-8,12H,9-11H2,1-4H3,(H,20,21)/t12-/m1/s1. The van der Waals surface area contributed by atoms with Gasteiger partial charge < -0.3 is 19.6 Å². The molecule has 1 heterocycles. The highest BCUT2D eigenvalue weighted by molar-refractivity contribution is 5.88. The van der Waals surface area contributed by atoms with E-state index in [-0.39, 0.29) is 17.7 Å². The molecule has 1 saturated heterocycles. The molecule has 6 nitrogen and oxygen atoms in total. The van der Waals surface area contributed by atoms with E-state index in [2.05, 4.69) is 4.90 Å². The van der Waals surface area contributed by atoms with E-state index in [0.717, 1.165) is 5.69 Å². The Labute approximate surface area is 136 Å². The van der Waals surface area contributed by atoms with E-state index >= 15 is 0 Å². The summed E-state index contributed by atoms with van der Waals surface area (Å²) < 4.78 is 5.43. The van der Waals surface area contributed by atoms with Crippen LogP contribution in [0.3, 0.4) is 0 Å². The predicted molar refractivity (Wildman–Crippen MR) is 88.0 cm³/mol. The van der Waals surface area contributed by atoms with E-state index in [1.807, 2.05) is 27.7 Å². The van der Waals surface area contributed by atoms with Crippen molar-refractivity contribution in [3.8, 4) is 0 Å². The van der Waals surface area contributed by atoms with Gasteiger partial charge in [-0.25, -0.2) is 9.59 Å². The molecular formula is C17H24N2O4. The Morgan fingerprint density at radius 2 is 1.78 bits per heavy atom. The average molecular weight is 320 g/mol. The van der Waals surface area contributed by atoms with Crippen LogP contribution in [0.5, 0.6) is 0 Å². The maximum absolute atomic E-state index is 12.2. The minimum atomic E-state index is -0.931. The molecular weight excluding hydrogens is 296 g/mol. The Hall–Kier alpha value is -2.24. The maximum Gasteiger partial charge on any atom is 0.410 e. The number of carbonyl (C=O) groups excluding carboxylic acids is 1. The lowest BCUT2D eigenvalue weighted by Crippen LogP contribution is -2.55. The van der Waals surface area contributed by atoms with Crippen LogP contribution >= 0.6 is 0 Å². The van der Waals surface area contributed by atoms with Crippen molar-refractivity contribution in [2.75, 3.05) is 24.5 Å². The van der Waals surface area contributed by atoms with Crippen molar-refractivity contribution < 1.29 is 19.4 Å². The fourth-order valence-electron chi connectivity index (χ4n) is 2.60. The fourth-order valence-corrected chi connectivity index (χ4v) is 2.60. The molecule has 1 aliphatic heterocycles. The van der Waals surface area contributed by atoms with Gasteiger partial charge in [0.25, 0.3) is 0 Å². The zero-order chi connectivity index (χ0) is 17.2. The summed E-state index contributed by atoms with van der Waals surface area (Å²) in [4.78, 5) is 27.0. The molecule has 1 aromatic carbocycles. The summed E-state index contributed by atoms with van der Waals surface area (Å²) in [6, 6.07) is 6.83. The Morgan fingerprint density at radius 3 is 2.26 bits per heavy atom. The van der Waals surface area contributed by atoms with Gasteiger partial charge in [0.2, 0.25) is 0 Å². The highest BCUT2D eigenvalue weighted by Gasteiger charge is 2.30. The fraction of sp³-hybridized carbons (Fsp3) is 0.529. The number of amides is 1. The maximum atomic E-state index is 12.2.